The number of carbonyl (C=O) groups excluding carboxylic acids is 1. The molecule has 74 valence electrons. The van der Waals surface area contributed by atoms with Crippen LogP contribution in [-0.4, -0.2) is 38.9 Å². The molecule has 0 saturated carbocycles. The number of fused-ring (bicyclic) bond motifs is 1. The van der Waals surface area contributed by atoms with Crippen LogP contribution in [0.3, 0.4) is 0 Å². The van der Waals surface area contributed by atoms with Crippen LogP contribution >= 0.6 is 0 Å². The lowest BCUT2D eigenvalue weighted by Crippen LogP contribution is -2.47. The molecule has 1 N–H and O–H groups in total. The third-order valence-electron chi connectivity index (χ3n) is 3.01. The fourth-order valence-electron chi connectivity index (χ4n) is 2.26. The first kappa shape index (κ1) is 8.97. The van der Waals surface area contributed by atoms with Crippen LogP contribution in [0.2, 0.25) is 0 Å². The summed E-state index contributed by atoms with van der Waals surface area (Å²) in [5.41, 5.74) is 0. The lowest BCUT2D eigenvalue weighted by atomic mass is 9.83. The molecule has 0 aliphatic carbocycles. The van der Waals surface area contributed by atoms with Crippen LogP contribution in [0.1, 0.15) is 6.42 Å². The Morgan fingerprint density at radius 2 is 2.38 bits per heavy atom. The molecule has 0 unspecified atom stereocenters. The van der Waals surface area contributed by atoms with Crippen molar-refractivity contribution in [3.05, 3.63) is 0 Å². The highest BCUT2D eigenvalue weighted by atomic mass is 16.5. The maximum atomic E-state index is 11.4. The monoisotopic (exact) mass is 185 g/mol. The second kappa shape index (κ2) is 3.64. The van der Waals surface area contributed by atoms with Crippen LogP contribution < -0.4 is 5.32 Å². The van der Waals surface area contributed by atoms with Gasteiger partial charge in [-0.2, -0.15) is 0 Å². The van der Waals surface area contributed by atoms with Crippen LogP contribution in [0, 0.1) is 11.8 Å². The molecule has 0 spiro atoms. The van der Waals surface area contributed by atoms with Gasteiger partial charge in [0.15, 0.2) is 0 Å². The van der Waals surface area contributed by atoms with Gasteiger partial charge in [0.1, 0.15) is 0 Å². The van der Waals surface area contributed by atoms with E-state index in [0.717, 1.165) is 19.6 Å². The van der Waals surface area contributed by atoms with Crippen molar-refractivity contribution < 1.29 is 14.3 Å². The number of hydrogen-bond donors (Lipinski definition) is 1. The predicted molar refractivity (Wildman–Crippen MR) is 46.2 cm³/mol. The largest absolute Gasteiger partial charge is 0.469 e. The summed E-state index contributed by atoms with van der Waals surface area (Å²) in [6.07, 6.45) is 0.872. The number of carbonyl (C=O) groups is 1. The number of esters is 1. The maximum absolute atomic E-state index is 11.4. The van der Waals surface area contributed by atoms with E-state index < -0.39 is 0 Å². The van der Waals surface area contributed by atoms with Gasteiger partial charge in [0.05, 0.1) is 26.2 Å². The fraction of sp³-hybridized carbons (Fsp3) is 0.889. The molecule has 4 heteroatoms. The molecule has 4 nitrogen and oxygen atoms in total. The van der Waals surface area contributed by atoms with Crippen LogP contribution in [0.15, 0.2) is 0 Å². The van der Waals surface area contributed by atoms with Crippen molar-refractivity contribution in [3.63, 3.8) is 0 Å². The summed E-state index contributed by atoms with van der Waals surface area (Å²) in [6, 6.07) is 0.359. The number of methoxy groups -OCH3 is 1. The Morgan fingerprint density at radius 3 is 3.15 bits per heavy atom. The Kier molecular flexibility index (Phi) is 2.51. The molecule has 0 radical (unpaired) electrons. The summed E-state index contributed by atoms with van der Waals surface area (Å²) in [4.78, 5) is 11.4. The van der Waals surface area contributed by atoms with Crippen molar-refractivity contribution in [2.24, 2.45) is 11.8 Å². The minimum atomic E-state index is -0.0815. The van der Waals surface area contributed by atoms with Gasteiger partial charge in [-0.3, -0.25) is 4.79 Å². The van der Waals surface area contributed by atoms with E-state index >= 15 is 0 Å². The van der Waals surface area contributed by atoms with Crippen molar-refractivity contribution in [2.45, 2.75) is 12.5 Å². The third-order valence-corrected chi connectivity index (χ3v) is 3.01. The summed E-state index contributed by atoms with van der Waals surface area (Å²) in [5.74, 6) is 0.280. The zero-order valence-electron chi connectivity index (χ0n) is 7.79. The second-order valence-electron chi connectivity index (χ2n) is 3.68. The normalized spacial score (nSPS) is 38.4. The smallest absolute Gasteiger partial charge is 0.309 e. The van der Waals surface area contributed by atoms with Crippen LogP contribution in [-0.2, 0) is 14.3 Å². The molecule has 0 bridgehead atoms. The first-order valence-corrected chi connectivity index (χ1v) is 4.72. The Bertz CT molecular complexity index is 207. The highest BCUT2D eigenvalue weighted by molar-refractivity contribution is 5.73. The molecule has 2 rings (SSSR count). The van der Waals surface area contributed by atoms with E-state index in [-0.39, 0.29) is 11.9 Å². The van der Waals surface area contributed by atoms with Gasteiger partial charge in [0.25, 0.3) is 0 Å². The average Bonchev–Trinajstić information content (AvgIpc) is 2.63. The molecule has 2 aliphatic heterocycles. The summed E-state index contributed by atoms with van der Waals surface area (Å²) in [6.45, 7) is 2.32. The molecule has 3 atom stereocenters. The van der Waals surface area contributed by atoms with E-state index in [1.165, 1.54) is 7.11 Å². The van der Waals surface area contributed by atoms with Gasteiger partial charge in [-0.1, -0.05) is 0 Å². The minimum Gasteiger partial charge on any atom is -0.469 e. The number of ether oxygens (including phenoxy) is 2. The van der Waals surface area contributed by atoms with Crippen molar-refractivity contribution in [2.75, 3.05) is 26.9 Å². The Morgan fingerprint density at radius 1 is 1.54 bits per heavy atom. The molecule has 0 aromatic heterocycles. The number of rotatable bonds is 1. The van der Waals surface area contributed by atoms with Crippen LogP contribution in [0.5, 0.6) is 0 Å². The molecule has 13 heavy (non-hydrogen) atoms. The van der Waals surface area contributed by atoms with Gasteiger partial charge in [0.2, 0.25) is 0 Å². The van der Waals surface area contributed by atoms with Gasteiger partial charge >= 0.3 is 5.97 Å². The van der Waals surface area contributed by atoms with Gasteiger partial charge in [-0.05, 0) is 13.0 Å². The zero-order chi connectivity index (χ0) is 9.26. The lowest BCUT2D eigenvalue weighted by molar-refractivity contribution is -0.148. The molecular weight excluding hydrogens is 170 g/mol. The Balaban J connectivity index is 2.05. The summed E-state index contributed by atoms with van der Waals surface area (Å²) >= 11 is 0. The number of piperidine rings is 1. The zero-order valence-corrected chi connectivity index (χ0v) is 7.79. The van der Waals surface area contributed by atoms with Crippen LogP contribution in [0.4, 0.5) is 0 Å². The van der Waals surface area contributed by atoms with Crippen molar-refractivity contribution >= 4 is 5.97 Å². The number of hydrogen-bond acceptors (Lipinski definition) is 4. The van der Waals surface area contributed by atoms with Crippen molar-refractivity contribution in [3.8, 4) is 0 Å². The summed E-state index contributed by atoms with van der Waals surface area (Å²) in [7, 11) is 1.45. The number of nitrogens with one attached hydrogen (secondary N) is 1. The van der Waals surface area contributed by atoms with Crippen LogP contribution in [0.25, 0.3) is 0 Å². The molecule has 0 amide bonds. The predicted octanol–water partition coefficient (Wildman–Crippen LogP) is -0.216. The van der Waals surface area contributed by atoms with E-state index in [9.17, 15) is 4.79 Å². The molecule has 2 saturated heterocycles. The first-order valence-electron chi connectivity index (χ1n) is 4.72. The second-order valence-corrected chi connectivity index (χ2v) is 3.68. The minimum absolute atomic E-state index is 0.0405. The molecule has 2 aliphatic rings. The van der Waals surface area contributed by atoms with Crippen molar-refractivity contribution in [1.29, 1.82) is 0 Å². The molecular formula is C9H15NO3. The van der Waals surface area contributed by atoms with E-state index in [2.05, 4.69) is 5.32 Å². The summed E-state index contributed by atoms with van der Waals surface area (Å²) in [5, 5.41) is 3.36. The molecule has 2 fully saturated rings. The summed E-state index contributed by atoms with van der Waals surface area (Å²) < 4.78 is 10.1. The lowest BCUT2D eigenvalue weighted by Gasteiger charge is -2.31. The highest BCUT2D eigenvalue weighted by Gasteiger charge is 2.41. The van der Waals surface area contributed by atoms with E-state index in [4.69, 9.17) is 9.47 Å². The maximum Gasteiger partial charge on any atom is 0.309 e. The SMILES string of the molecule is COC(=O)[C@H]1CCN[C@H]2COC[C@@H]21. The Hall–Kier alpha value is -0.610. The quantitative estimate of drug-likeness (QED) is 0.574. The molecule has 0 aromatic rings. The third kappa shape index (κ3) is 1.56. The standard InChI is InChI=1S/C9H15NO3/c1-12-9(11)6-2-3-10-8-5-13-4-7(6)8/h6-8,10H,2-5H2,1H3/t6-,7+,8-/m0/s1. The topological polar surface area (TPSA) is 47.6 Å². The van der Waals surface area contributed by atoms with E-state index in [1.807, 2.05) is 0 Å². The molecule has 0 aromatic carbocycles. The van der Waals surface area contributed by atoms with Gasteiger partial charge in [-0.25, -0.2) is 0 Å². The van der Waals surface area contributed by atoms with Gasteiger partial charge in [0, 0.05) is 12.0 Å². The van der Waals surface area contributed by atoms with E-state index in [0.29, 0.717) is 18.6 Å². The first-order chi connectivity index (χ1) is 6.33. The molecule has 2 heterocycles. The van der Waals surface area contributed by atoms with Crippen molar-refractivity contribution in [1.82, 2.24) is 5.32 Å². The van der Waals surface area contributed by atoms with Gasteiger partial charge < -0.3 is 14.8 Å². The average molecular weight is 185 g/mol. The fourth-order valence-corrected chi connectivity index (χ4v) is 2.26. The van der Waals surface area contributed by atoms with Gasteiger partial charge in [-0.15, -0.1) is 0 Å². The Labute approximate surface area is 77.6 Å². The van der Waals surface area contributed by atoms with E-state index in [1.54, 1.807) is 0 Å². The highest BCUT2D eigenvalue weighted by Crippen LogP contribution is 2.29.